The zero-order valence-corrected chi connectivity index (χ0v) is 14.4. The van der Waals surface area contributed by atoms with Gasteiger partial charge in [0.15, 0.2) is 0 Å². The van der Waals surface area contributed by atoms with Gasteiger partial charge in [-0.1, -0.05) is 36.4 Å². The second-order valence-corrected chi connectivity index (χ2v) is 7.26. The maximum absolute atomic E-state index is 9.82. The van der Waals surface area contributed by atoms with Crippen LogP contribution in [0.5, 0.6) is 0 Å². The van der Waals surface area contributed by atoms with Gasteiger partial charge in [0.05, 0.1) is 28.9 Å². The molecule has 28 heavy (non-hydrogen) atoms. The SMILES string of the molecule is N#CC1=C2C=Cc3ccc4c5c3C2c2c-5c(ccc2=C1C#N)=C(C#N)C4C#N. The van der Waals surface area contributed by atoms with Crippen LogP contribution in [0.2, 0.25) is 0 Å². The largest absolute Gasteiger partial charge is 0.197 e. The van der Waals surface area contributed by atoms with E-state index in [0.717, 1.165) is 49.4 Å². The number of nitrogens with zero attached hydrogens (tertiary/aromatic N) is 4. The highest BCUT2D eigenvalue weighted by atomic mass is 14.5. The summed E-state index contributed by atoms with van der Waals surface area (Å²) < 4.78 is 0. The normalized spacial score (nSPS) is 21.0. The Bertz CT molecular complexity index is 1550. The van der Waals surface area contributed by atoms with Gasteiger partial charge in [0.25, 0.3) is 0 Å². The molecule has 4 aliphatic carbocycles. The summed E-state index contributed by atoms with van der Waals surface area (Å²) in [6, 6.07) is 16.6. The summed E-state index contributed by atoms with van der Waals surface area (Å²) in [5.41, 5.74) is 8.07. The lowest BCUT2D eigenvalue weighted by Crippen LogP contribution is -2.28. The van der Waals surface area contributed by atoms with Crippen LogP contribution in [0.25, 0.3) is 28.3 Å². The first-order chi connectivity index (χ1) is 13.7. The highest BCUT2D eigenvalue weighted by molar-refractivity contribution is 5.99. The van der Waals surface area contributed by atoms with Gasteiger partial charge in [-0.25, -0.2) is 0 Å². The summed E-state index contributed by atoms with van der Waals surface area (Å²) in [4.78, 5) is 0. The Hall–Kier alpha value is -4.38. The average molecular weight is 352 g/mol. The third-order valence-electron chi connectivity index (χ3n) is 6.31. The van der Waals surface area contributed by atoms with Gasteiger partial charge in [-0.05, 0) is 49.4 Å². The molecule has 0 radical (unpaired) electrons. The fraction of sp³-hybridized carbons (Fsp3) is 0.0833. The highest BCUT2D eigenvalue weighted by Crippen LogP contribution is 2.56. The number of hydrogen-bond donors (Lipinski definition) is 0. The topological polar surface area (TPSA) is 95.2 Å². The minimum absolute atomic E-state index is 0.121. The molecule has 2 atom stereocenters. The van der Waals surface area contributed by atoms with E-state index in [1.54, 1.807) is 0 Å². The molecule has 0 amide bonds. The van der Waals surface area contributed by atoms with Crippen molar-refractivity contribution in [1.29, 1.82) is 21.0 Å². The van der Waals surface area contributed by atoms with Crippen molar-refractivity contribution in [2.45, 2.75) is 11.8 Å². The summed E-state index contributed by atoms with van der Waals surface area (Å²) in [6.07, 6.45) is 3.92. The third-order valence-corrected chi connectivity index (χ3v) is 6.31. The van der Waals surface area contributed by atoms with Crippen molar-refractivity contribution in [2.75, 3.05) is 0 Å². The monoisotopic (exact) mass is 352 g/mol. The molecule has 0 bridgehead atoms. The van der Waals surface area contributed by atoms with Crippen molar-refractivity contribution < 1.29 is 0 Å². The zero-order chi connectivity index (χ0) is 19.2. The molecule has 0 fully saturated rings. The van der Waals surface area contributed by atoms with Crippen LogP contribution < -0.4 is 10.4 Å². The first kappa shape index (κ1) is 14.8. The molecule has 4 aliphatic rings. The van der Waals surface area contributed by atoms with E-state index < -0.39 is 5.92 Å². The third kappa shape index (κ3) is 1.35. The molecule has 2 unspecified atom stereocenters. The van der Waals surface area contributed by atoms with E-state index in [1.165, 1.54) is 0 Å². The van der Waals surface area contributed by atoms with Crippen LogP contribution in [-0.2, 0) is 0 Å². The minimum Gasteiger partial charge on any atom is -0.197 e. The first-order valence-electron chi connectivity index (χ1n) is 8.86. The Kier molecular flexibility index (Phi) is 2.46. The fourth-order valence-corrected chi connectivity index (χ4v) is 5.30. The van der Waals surface area contributed by atoms with Gasteiger partial charge in [0.2, 0.25) is 0 Å². The summed E-state index contributed by atoms with van der Waals surface area (Å²) >= 11 is 0. The van der Waals surface area contributed by atoms with E-state index in [1.807, 2.05) is 36.4 Å². The number of nitriles is 4. The molecule has 2 aromatic rings. The Labute approximate surface area is 160 Å². The van der Waals surface area contributed by atoms with Crippen molar-refractivity contribution in [3.63, 3.8) is 0 Å². The Morgan fingerprint density at radius 2 is 1.50 bits per heavy atom. The van der Waals surface area contributed by atoms with Crippen LogP contribution in [0.4, 0.5) is 0 Å². The summed E-state index contributed by atoms with van der Waals surface area (Å²) in [7, 11) is 0. The van der Waals surface area contributed by atoms with Gasteiger partial charge >= 0.3 is 0 Å². The number of allylic oxidation sites excluding steroid dienone is 3. The molecule has 4 nitrogen and oxygen atoms in total. The van der Waals surface area contributed by atoms with Crippen LogP contribution in [0.3, 0.4) is 0 Å². The Morgan fingerprint density at radius 3 is 2.21 bits per heavy atom. The molecule has 124 valence electrons. The van der Waals surface area contributed by atoms with Crippen LogP contribution in [0, 0.1) is 45.3 Å². The predicted molar refractivity (Wildman–Crippen MR) is 101 cm³/mol. The molecule has 0 saturated heterocycles. The molecule has 4 heteroatoms. The van der Waals surface area contributed by atoms with Gasteiger partial charge < -0.3 is 0 Å². The Morgan fingerprint density at radius 1 is 0.714 bits per heavy atom. The van der Waals surface area contributed by atoms with E-state index in [0.29, 0.717) is 16.7 Å². The maximum Gasteiger partial charge on any atom is 0.107 e. The molecule has 2 aromatic carbocycles. The van der Waals surface area contributed by atoms with Crippen molar-refractivity contribution in [2.24, 2.45) is 0 Å². The van der Waals surface area contributed by atoms with Crippen LogP contribution in [0.1, 0.15) is 34.1 Å². The molecule has 0 aliphatic heterocycles. The van der Waals surface area contributed by atoms with E-state index in [-0.39, 0.29) is 5.92 Å². The lowest BCUT2D eigenvalue weighted by molar-refractivity contribution is 0.969. The van der Waals surface area contributed by atoms with E-state index in [9.17, 15) is 21.0 Å². The maximum atomic E-state index is 9.82. The standard InChI is InChI=1S/C24H8N4/c25-7-16-12-3-1-11-2-4-13-17(8-26)19(10-28)15-6-5-14(18(16)9-27)23-21(12)20(11)22(13)24(15)23/h1-6,16,22H. The molecule has 0 heterocycles. The van der Waals surface area contributed by atoms with Crippen molar-refractivity contribution in [3.05, 3.63) is 74.2 Å². The molecular formula is C24H8N4. The van der Waals surface area contributed by atoms with Gasteiger partial charge in [0, 0.05) is 5.92 Å². The highest BCUT2D eigenvalue weighted by Gasteiger charge is 2.44. The van der Waals surface area contributed by atoms with E-state index >= 15 is 0 Å². The van der Waals surface area contributed by atoms with Crippen LogP contribution in [-0.4, -0.2) is 0 Å². The smallest absolute Gasteiger partial charge is 0.107 e. The average Bonchev–Trinajstić information content (AvgIpc) is 3.10. The predicted octanol–water partition coefficient (Wildman–Crippen LogP) is 2.63. The number of hydrogen-bond acceptors (Lipinski definition) is 4. The van der Waals surface area contributed by atoms with Gasteiger partial charge in [-0.15, -0.1) is 0 Å². The van der Waals surface area contributed by atoms with Crippen molar-refractivity contribution in [1.82, 2.24) is 0 Å². The van der Waals surface area contributed by atoms with Crippen LogP contribution in [0.15, 0.2) is 41.5 Å². The molecular weight excluding hydrogens is 344 g/mol. The zero-order valence-electron chi connectivity index (χ0n) is 14.4. The summed E-state index contributed by atoms with van der Waals surface area (Å²) in [5.74, 6) is -0.728. The molecule has 6 rings (SSSR count). The van der Waals surface area contributed by atoms with Crippen molar-refractivity contribution in [3.8, 4) is 35.4 Å². The first-order valence-corrected chi connectivity index (χ1v) is 8.86. The number of rotatable bonds is 0. The van der Waals surface area contributed by atoms with Crippen LogP contribution >= 0.6 is 0 Å². The van der Waals surface area contributed by atoms with Gasteiger partial charge in [-0.2, -0.15) is 21.0 Å². The second-order valence-electron chi connectivity index (χ2n) is 7.26. The summed E-state index contributed by atoms with van der Waals surface area (Å²) in [5, 5.41) is 40.8. The second kappa shape index (κ2) is 4.66. The Balaban J connectivity index is 1.99. The molecule has 0 saturated carbocycles. The van der Waals surface area contributed by atoms with Gasteiger partial charge in [0.1, 0.15) is 18.1 Å². The van der Waals surface area contributed by atoms with E-state index in [4.69, 9.17) is 0 Å². The molecule has 0 aromatic heterocycles. The molecule has 0 spiro atoms. The van der Waals surface area contributed by atoms with E-state index in [2.05, 4.69) is 24.3 Å². The van der Waals surface area contributed by atoms with Crippen molar-refractivity contribution >= 4 is 17.2 Å². The minimum atomic E-state index is -0.607. The lowest BCUT2D eigenvalue weighted by Gasteiger charge is -2.26. The van der Waals surface area contributed by atoms with Gasteiger partial charge in [-0.3, -0.25) is 0 Å². The molecule has 0 N–H and O–H groups in total. The fourth-order valence-electron chi connectivity index (χ4n) is 5.30. The quantitative estimate of drug-likeness (QED) is 0.728. The lowest BCUT2D eigenvalue weighted by atomic mass is 9.75. The number of benzene rings is 2. The summed E-state index contributed by atoms with van der Waals surface area (Å²) in [6.45, 7) is 0.